The van der Waals surface area contributed by atoms with Gasteiger partial charge in [0.15, 0.2) is 0 Å². The van der Waals surface area contributed by atoms with Gasteiger partial charge in [-0.15, -0.1) is 0 Å². The van der Waals surface area contributed by atoms with Crippen molar-refractivity contribution in [1.82, 2.24) is 9.96 Å². The van der Waals surface area contributed by atoms with Crippen LogP contribution in [0.1, 0.15) is 44.4 Å². The highest BCUT2D eigenvalue weighted by Gasteiger charge is 2.59. The Labute approximate surface area is 287 Å². The molecule has 12 nitrogen and oxygen atoms in total. The number of hydrogen-bond donors (Lipinski definition) is 1. The Hall–Kier alpha value is -4.97. The van der Waals surface area contributed by atoms with Crippen LogP contribution < -0.4 is 14.2 Å². The van der Waals surface area contributed by atoms with E-state index in [1.807, 2.05) is 12.1 Å². The molecular formula is C37H46N2O10. The lowest BCUT2D eigenvalue weighted by Crippen LogP contribution is -2.49. The lowest BCUT2D eigenvalue weighted by atomic mass is 9.72. The average molecular weight is 679 g/mol. The van der Waals surface area contributed by atoms with Gasteiger partial charge in [-0.1, -0.05) is 24.3 Å². The van der Waals surface area contributed by atoms with Gasteiger partial charge in [-0.3, -0.25) is 14.4 Å². The second-order valence-electron chi connectivity index (χ2n) is 12.8. The number of rotatable bonds is 13. The van der Waals surface area contributed by atoms with Crippen molar-refractivity contribution in [2.45, 2.75) is 52.9 Å². The SMILES string of the molecule is CCOC(=O)[C@@]1(Cc2ccc(O)cc2)CN(C(=O)OC(C)(C)C)C[C@@H]1C(=O)N(Cc1ccc(OC)cc1OC)OCc1ccc(OC)cc1. The Morgan fingerprint density at radius 3 is 2.12 bits per heavy atom. The molecular weight excluding hydrogens is 632 g/mol. The van der Waals surface area contributed by atoms with Gasteiger partial charge in [-0.25, -0.2) is 9.86 Å². The molecule has 4 rings (SSSR count). The van der Waals surface area contributed by atoms with Crippen LogP contribution in [0.4, 0.5) is 4.79 Å². The van der Waals surface area contributed by atoms with E-state index in [0.29, 0.717) is 28.4 Å². The topological polar surface area (TPSA) is 133 Å². The molecule has 0 saturated carbocycles. The second kappa shape index (κ2) is 16.0. The van der Waals surface area contributed by atoms with Crippen LogP contribution in [0.3, 0.4) is 0 Å². The number of phenolic OH excluding ortho intramolecular Hbond substituents is 1. The molecule has 2 amide bonds. The van der Waals surface area contributed by atoms with Gasteiger partial charge in [0.1, 0.15) is 40.6 Å². The van der Waals surface area contributed by atoms with E-state index < -0.39 is 34.9 Å². The van der Waals surface area contributed by atoms with Crippen molar-refractivity contribution in [3.05, 3.63) is 83.4 Å². The molecule has 0 bridgehead atoms. The summed E-state index contributed by atoms with van der Waals surface area (Å²) in [5, 5.41) is 11.2. The number of amides is 2. The predicted octanol–water partition coefficient (Wildman–Crippen LogP) is 5.54. The van der Waals surface area contributed by atoms with E-state index in [4.69, 9.17) is 28.5 Å². The van der Waals surface area contributed by atoms with Gasteiger partial charge in [0.2, 0.25) is 0 Å². The van der Waals surface area contributed by atoms with Crippen molar-refractivity contribution in [2.75, 3.05) is 41.0 Å². The number of esters is 1. The molecule has 12 heteroatoms. The summed E-state index contributed by atoms with van der Waals surface area (Å²) in [5.74, 6) is -0.525. The van der Waals surface area contributed by atoms with E-state index in [1.54, 1.807) is 84.4 Å². The molecule has 1 heterocycles. The molecule has 2 atom stereocenters. The summed E-state index contributed by atoms with van der Waals surface area (Å²) in [6.45, 7) is 6.67. The number of carbonyl (C=O) groups excluding carboxylic acids is 3. The summed E-state index contributed by atoms with van der Waals surface area (Å²) >= 11 is 0. The molecule has 3 aromatic rings. The van der Waals surface area contributed by atoms with E-state index in [0.717, 1.165) is 5.56 Å². The monoisotopic (exact) mass is 678 g/mol. The molecule has 0 unspecified atom stereocenters. The van der Waals surface area contributed by atoms with Crippen molar-refractivity contribution in [3.8, 4) is 23.0 Å². The molecule has 0 aliphatic carbocycles. The largest absolute Gasteiger partial charge is 0.508 e. The molecule has 0 aromatic heterocycles. The number of ether oxygens (including phenoxy) is 5. The Kier molecular flexibility index (Phi) is 12.0. The highest BCUT2D eigenvalue weighted by atomic mass is 16.7. The Morgan fingerprint density at radius 2 is 1.53 bits per heavy atom. The summed E-state index contributed by atoms with van der Waals surface area (Å²) in [6.07, 6.45) is -0.621. The lowest BCUT2D eigenvalue weighted by molar-refractivity contribution is -0.204. The smallest absolute Gasteiger partial charge is 0.410 e. The third kappa shape index (κ3) is 9.14. The number of nitrogens with zero attached hydrogens (tertiary/aromatic N) is 2. The second-order valence-corrected chi connectivity index (χ2v) is 12.8. The van der Waals surface area contributed by atoms with E-state index in [2.05, 4.69) is 0 Å². The van der Waals surface area contributed by atoms with Crippen molar-refractivity contribution < 1.29 is 48.0 Å². The van der Waals surface area contributed by atoms with Crippen LogP contribution in [-0.2, 0) is 43.5 Å². The fourth-order valence-electron chi connectivity index (χ4n) is 5.77. The van der Waals surface area contributed by atoms with Gasteiger partial charge in [0.05, 0.1) is 40.4 Å². The van der Waals surface area contributed by atoms with Gasteiger partial charge < -0.3 is 33.7 Å². The van der Waals surface area contributed by atoms with Gasteiger partial charge in [0.25, 0.3) is 5.91 Å². The van der Waals surface area contributed by atoms with Gasteiger partial charge in [0, 0.05) is 24.7 Å². The number of hydroxylamine groups is 2. The van der Waals surface area contributed by atoms with Crippen LogP contribution in [0.2, 0.25) is 0 Å². The number of benzene rings is 3. The minimum absolute atomic E-state index is 0.0150. The first kappa shape index (κ1) is 36.9. The number of carbonyl (C=O) groups is 3. The van der Waals surface area contributed by atoms with Crippen LogP contribution in [-0.4, -0.2) is 79.7 Å². The maximum atomic E-state index is 14.9. The molecule has 264 valence electrons. The molecule has 49 heavy (non-hydrogen) atoms. The molecule has 1 aliphatic rings. The first-order valence-electron chi connectivity index (χ1n) is 16.0. The number of hydrogen-bond acceptors (Lipinski definition) is 10. The zero-order chi connectivity index (χ0) is 35.8. The molecule has 0 spiro atoms. The summed E-state index contributed by atoms with van der Waals surface area (Å²) < 4.78 is 27.6. The first-order chi connectivity index (χ1) is 23.3. The van der Waals surface area contributed by atoms with Crippen molar-refractivity contribution >= 4 is 18.0 Å². The van der Waals surface area contributed by atoms with Crippen LogP contribution in [0.15, 0.2) is 66.7 Å². The molecule has 1 N–H and O–H groups in total. The third-order valence-corrected chi connectivity index (χ3v) is 8.23. The summed E-state index contributed by atoms with van der Waals surface area (Å²) in [7, 11) is 4.63. The minimum atomic E-state index is -1.52. The maximum Gasteiger partial charge on any atom is 0.410 e. The number of methoxy groups -OCH3 is 3. The van der Waals surface area contributed by atoms with E-state index in [9.17, 15) is 19.5 Å². The molecule has 1 aliphatic heterocycles. The summed E-state index contributed by atoms with van der Waals surface area (Å²) in [4.78, 5) is 50.1. The highest BCUT2D eigenvalue weighted by molar-refractivity contribution is 5.90. The standard InChI is InChI=1S/C37H46N2O10/c1-8-47-34(42)37(20-25-9-14-28(40)15-10-25)24-38(35(43)49-36(2,3)4)22-31(37)33(41)39(48-23-26-11-16-29(44-5)17-12-26)21-27-13-18-30(45-6)19-32(27)46-7/h9-19,31,40H,8,20-24H2,1-7H3/t31-,37+/m1/s1. The Balaban J connectivity index is 1.79. The summed E-state index contributed by atoms with van der Waals surface area (Å²) in [5.41, 5.74) is -0.290. The van der Waals surface area contributed by atoms with E-state index in [1.165, 1.54) is 29.2 Å². The normalized spacial score (nSPS) is 17.3. The average Bonchev–Trinajstić information content (AvgIpc) is 3.47. The zero-order valence-electron chi connectivity index (χ0n) is 29.2. The minimum Gasteiger partial charge on any atom is -0.508 e. The first-order valence-corrected chi connectivity index (χ1v) is 16.0. The molecule has 1 saturated heterocycles. The molecule has 0 radical (unpaired) electrons. The fraction of sp³-hybridized carbons (Fsp3) is 0.432. The molecule has 3 aromatic carbocycles. The number of likely N-dealkylation sites (tertiary alicyclic amines) is 1. The van der Waals surface area contributed by atoms with Crippen molar-refractivity contribution in [1.29, 1.82) is 0 Å². The predicted molar refractivity (Wildman–Crippen MR) is 180 cm³/mol. The lowest BCUT2D eigenvalue weighted by Gasteiger charge is -2.34. The van der Waals surface area contributed by atoms with Crippen LogP contribution in [0.5, 0.6) is 23.0 Å². The van der Waals surface area contributed by atoms with Crippen molar-refractivity contribution in [3.63, 3.8) is 0 Å². The van der Waals surface area contributed by atoms with Crippen LogP contribution in [0.25, 0.3) is 0 Å². The van der Waals surface area contributed by atoms with E-state index in [-0.39, 0.29) is 45.0 Å². The van der Waals surface area contributed by atoms with Crippen molar-refractivity contribution in [2.24, 2.45) is 11.3 Å². The quantitative estimate of drug-likeness (QED) is 0.182. The summed E-state index contributed by atoms with van der Waals surface area (Å²) in [6, 6.07) is 18.8. The fourth-order valence-corrected chi connectivity index (χ4v) is 5.77. The number of phenols is 1. The van der Waals surface area contributed by atoms with E-state index >= 15 is 0 Å². The van der Waals surface area contributed by atoms with Gasteiger partial charge in [-0.05, 0) is 81.6 Å². The highest BCUT2D eigenvalue weighted by Crippen LogP contribution is 2.43. The van der Waals surface area contributed by atoms with Crippen LogP contribution >= 0.6 is 0 Å². The number of aromatic hydroxyl groups is 1. The third-order valence-electron chi connectivity index (χ3n) is 8.23. The van der Waals surface area contributed by atoms with Gasteiger partial charge in [-0.2, -0.15) is 0 Å². The Bertz CT molecular complexity index is 1590. The zero-order valence-corrected chi connectivity index (χ0v) is 29.2. The Morgan fingerprint density at radius 1 is 0.898 bits per heavy atom. The van der Waals surface area contributed by atoms with Crippen LogP contribution in [0, 0.1) is 11.3 Å². The van der Waals surface area contributed by atoms with Gasteiger partial charge >= 0.3 is 12.1 Å². The molecule has 1 fully saturated rings. The maximum absolute atomic E-state index is 14.9.